The standard InChI is InChI=1S/C12H24N2O/c1-4-5-6-11-7-12(13-3)9-14(8-11)10(2)15/h11-13H,4-9H2,1-3H3. The molecule has 1 rings (SSSR count). The van der Waals surface area contributed by atoms with E-state index in [1.165, 1.54) is 25.7 Å². The van der Waals surface area contributed by atoms with E-state index in [0.29, 0.717) is 12.0 Å². The first-order chi connectivity index (χ1) is 7.17. The van der Waals surface area contributed by atoms with Crippen LogP contribution in [0.3, 0.4) is 0 Å². The Kier molecular flexibility index (Phi) is 5.09. The molecule has 1 fully saturated rings. The third kappa shape index (κ3) is 3.82. The van der Waals surface area contributed by atoms with Crippen molar-refractivity contribution >= 4 is 5.91 Å². The van der Waals surface area contributed by atoms with Crippen molar-refractivity contribution in [3.63, 3.8) is 0 Å². The average molecular weight is 212 g/mol. The van der Waals surface area contributed by atoms with E-state index in [1.54, 1.807) is 6.92 Å². The van der Waals surface area contributed by atoms with Gasteiger partial charge in [0.25, 0.3) is 0 Å². The molecule has 2 atom stereocenters. The minimum atomic E-state index is 0.219. The van der Waals surface area contributed by atoms with E-state index in [0.717, 1.165) is 13.1 Å². The van der Waals surface area contributed by atoms with Gasteiger partial charge >= 0.3 is 0 Å². The number of carbonyl (C=O) groups excluding carboxylic acids is 1. The van der Waals surface area contributed by atoms with Gasteiger partial charge in [0.15, 0.2) is 0 Å². The number of unbranched alkanes of at least 4 members (excludes halogenated alkanes) is 1. The zero-order valence-electron chi connectivity index (χ0n) is 10.3. The minimum Gasteiger partial charge on any atom is -0.341 e. The molecule has 1 aliphatic heterocycles. The van der Waals surface area contributed by atoms with E-state index < -0.39 is 0 Å². The van der Waals surface area contributed by atoms with Crippen LogP contribution in [0.25, 0.3) is 0 Å². The van der Waals surface area contributed by atoms with E-state index in [9.17, 15) is 4.79 Å². The number of likely N-dealkylation sites (tertiary alicyclic amines) is 1. The SMILES string of the molecule is CCCCC1CC(NC)CN(C(C)=O)C1. The molecule has 88 valence electrons. The lowest BCUT2D eigenvalue weighted by molar-refractivity contribution is -0.131. The van der Waals surface area contributed by atoms with Crippen LogP contribution in [0.1, 0.15) is 39.5 Å². The van der Waals surface area contributed by atoms with Gasteiger partial charge in [-0.15, -0.1) is 0 Å². The van der Waals surface area contributed by atoms with Crippen LogP contribution in [0.2, 0.25) is 0 Å². The highest BCUT2D eigenvalue weighted by Gasteiger charge is 2.26. The maximum atomic E-state index is 11.4. The minimum absolute atomic E-state index is 0.219. The second-order valence-corrected chi connectivity index (χ2v) is 4.65. The maximum absolute atomic E-state index is 11.4. The van der Waals surface area contributed by atoms with Gasteiger partial charge in [0, 0.05) is 26.1 Å². The first-order valence-electron chi connectivity index (χ1n) is 6.10. The molecule has 3 nitrogen and oxygen atoms in total. The molecule has 0 saturated carbocycles. The Morgan fingerprint density at radius 3 is 2.73 bits per heavy atom. The van der Waals surface area contributed by atoms with Crippen molar-refractivity contribution in [3.05, 3.63) is 0 Å². The first kappa shape index (κ1) is 12.5. The van der Waals surface area contributed by atoms with Crippen molar-refractivity contribution in [2.24, 2.45) is 5.92 Å². The number of rotatable bonds is 4. The molecule has 0 radical (unpaired) electrons. The number of likely N-dealkylation sites (N-methyl/N-ethyl adjacent to an activating group) is 1. The number of nitrogens with zero attached hydrogens (tertiary/aromatic N) is 1. The lowest BCUT2D eigenvalue weighted by Gasteiger charge is -2.37. The Morgan fingerprint density at radius 1 is 1.47 bits per heavy atom. The summed E-state index contributed by atoms with van der Waals surface area (Å²) in [5.41, 5.74) is 0. The van der Waals surface area contributed by atoms with Gasteiger partial charge in [-0.3, -0.25) is 4.79 Å². The van der Waals surface area contributed by atoms with Gasteiger partial charge in [-0.05, 0) is 25.8 Å². The number of hydrogen-bond donors (Lipinski definition) is 1. The van der Waals surface area contributed by atoms with Crippen LogP contribution in [0.4, 0.5) is 0 Å². The topological polar surface area (TPSA) is 32.3 Å². The molecule has 0 aromatic carbocycles. The van der Waals surface area contributed by atoms with Crippen molar-refractivity contribution in [1.29, 1.82) is 0 Å². The fraction of sp³-hybridized carbons (Fsp3) is 0.917. The highest BCUT2D eigenvalue weighted by Crippen LogP contribution is 2.21. The molecule has 0 aromatic rings. The summed E-state index contributed by atoms with van der Waals surface area (Å²) < 4.78 is 0. The zero-order valence-corrected chi connectivity index (χ0v) is 10.3. The van der Waals surface area contributed by atoms with Crippen LogP contribution in [-0.4, -0.2) is 37.0 Å². The van der Waals surface area contributed by atoms with Crippen LogP contribution in [0, 0.1) is 5.92 Å². The molecule has 1 heterocycles. The second-order valence-electron chi connectivity index (χ2n) is 4.65. The summed E-state index contributed by atoms with van der Waals surface area (Å²) in [4.78, 5) is 13.4. The normalized spacial score (nSPS) is 26.7. The predicted octanol–water partition coefficient (Wildman–Crippen LogP) is 1.63. The number of piperidine rings is 1. The van der Waals surface area contributed by atoms with E-state index in [1.807, 2.05) is 11.9 Å². The van der Waals surface area contributed by atoms with Gasteiger partial charge in [0.05, 0.1) is 0 Å². The summed E-state index contributed by atoms with van der Waals surface area (Å²) in [5.74, 6) is 0.913. The number of amides is 1. The molecule has 1 aliphatic rings. The Bertz CT molecular complexity index is 206. The quantitative estimate of drug-likeness (QED) is 0.768. The molecule has 3 heteroatoms. The summed E-state index contributed by atoms with van der Waals surface area (Å²) in [6, 6.07) is 0.490. The lowest BCUT2D eigenvalue weighted by atomic mass is 9.90. The Morgan fingerprint density at radius 2 is 2.20 bits per heavy atom. The molecule has 1 N–H and O–H groups in total. The summed E-state index contributed by atoms with van der Waals surface area (Å²) in [5, 5.41) is 3.30. The van der Waals surface area contributed by atoms with Crippen LogP contribution in [0.5, 0.6) is 0 Å². The first-order valence-corrected chi connectivity index (χ1v) is 6.10. The van der Waals surface area contributed by atoms with Gasteiger partial charge in [-0.2, -0.15) is 0 Å². The van der Waals surface area contributed by atoms with Crippen molar-refractivity contribution < 1.29 is 4.79 Å². The van der Waals surface area contributed by atoms with E-state index in [-0.39, 0.29) is 5.91 Å². The Balaban J connectivity index is 2.47. The van der Waals surface area contributed by atoms with Crippen LogP contribution in [-0.2, 0) is 4.79 Å². The predicted molar refractivity (Wildman–Crippen MR) is 62.7 cm³/mol. The Hall–Kier alpha value is -0.570. The van der Waals surface area contributed by atoms with Crippen LogP contribution in [0.15, 0.2) is 0 Å². The van der Waals surface area contributed by atoms with Crippen molar-refractivity contribution in [2.75, 3.05) is 20.1 Å². The molecule has 0 spiro atoms. The molecule has 0 aliphatic carbocycles. The van der Waals surface area contributed by atoms with Crippen LogP contribution < -0.4 is 5.32 Å². The molecule has 15 heavy (non-hydrogen) atoms. The smallest absolute Gasteiger partial charge is 0.219 e. The average Bonchev–Trinajstić information content (AvgIpc) is 2.25. The van der Waals surface area contributed by atoms with Crippen molar-refractivity contribution in [2.45, 2.75) is 45.6 Å². The third-order valence-corrected chi connectivity index (χ3v) is 3.36. The monoisotopic (exact) mass is 212 g/mol. The highest BCUT2D eigenvalue weighted by atomic mass is 16.2. The molecule has 0 aromatic heterocycles. The molecule has 2 unspecified atom stereocenters. The number of carbonyl (C=O) groups is 1. The largest absolute Gasteiger partial charge is 0.341 e. The van der Waals surface area contributed by atoms with Gasteiger partial charge in [-0.25, -0.2) is 0 Å². The van der Waals surface area contributed by atoms with Crippen molar-refractivity contribution in [3.8, 4) is 0 Å². The fourth-order valence-corrected chi connectivity index (χ4v) is 2.37. The molecule has 1 saturated heterocycles. The number of hydrogen-bond acceptors (Lipinski definition) is 2. The zero-order chi connectivity index (χ0) is 11.3. The van der Waals surface area contributed by atoms with Gasteiger partial charge in [0.1, 0.15) is 0 Å². The van der Waals surface area contributed by atoms with E-state index >= 15 is 0 Å². The van der Waals surface area contributed by atoms with Gasteiger partial charge in [-0.1, -0.05) is 19.8 Å². The third-order valence-electron chi connectivity index (χ3n) is 3.36. The second kappa shape index (κ2) is 6.11. The maximum Gasteiger partial charge on any atom is 0.219 e. The van der Waals surface area contributed by atoms with Crippen LogP contribution >= 0.6 is 0 Å². The fourth-order valence-electron chi connectivity index (χ4n) is 2.37. The molecular formula is C12H24N2O. The lowest BCUT2D eigenvalue weighted by Crippen LogP contribution is -2.49. The summed E-state index contributed by atoms with van der Waals surface area (Å²) in [6.07, 6.45) is 5.02. The summed E-state index contributed by atoms with van der Waals surface area (Å²) >= 11 is 0. The molecule has 1 amide bonds. The summed E-state index contributed by atoms with van der Waals surface area (Å²) in [7, 11) is 1.99. The number of nitrogens with one attached hydrogen (secondary N) is 1. The molecule has 0 bridgehead atoms. The van der Waals surface area contributed by atoms with E-state index in [4.69, 9.17) is 0 Å². The highest BCUT2D eigenvalue weighted by molar-refractivity contribution is 5.73. The van der Waals surface area contributed by atoms with Gasteiger partial charge in [0.2, 0.25) is 5.91 Å². The van der Waals surface area contributed by atoms with Crippen molar-refractivity contribution in [1.82, 2.24) is 10.2 Å². The Labute approximate surface area is 93.2 Å². The van der Waals surface area contributed by atoms with Gasteiger partial charge < -0.3 is 10.2 Å². The van der Waals surface area contributed by atoms with E-state index in [2.05, 4.69) is 12.2 Å². The summed E-state index contributed by atoms with van der Waals surface area (Å²) in [6.45, 7) is 5.75. The molecular weight excluding hydrogens is 188 g/mol.